The van der Waals surface area contributed by atoms with Gasteiger partial charge in [-0.3, -0.25) is 4.98 Å². The van der Waals surface area contributed by atoms with Gasteiger partial charge in [0.25, 0.3) is 0 Å². The first-order valence-corrected chi connectivity index (χ1v) is 13.2. The van der Waals surface area contributed by atoms with Gasteiger partial charge in [0.15, 0.2) is 0 Å². The highest BCUT2D eigenvalue weighted by molar-refractivity contribution is 7.89. The van der Waals surface area contributed by atoms with Crippen LogP contribution in [0.2, 0.25) is 0 Å². The second-order valence-corrected chi connectivity index (χ2v) is 10.2. The number of hydrogen-bond donors (Lipinski definition) is 0. The number of piperidine rings is 1. The molecular formula is C26H38N4O2S. The van der Waals surface area contributed by atoms with Gasteiger partial charge in [0, 0.05) is 57.3 Å². The fourth-order valence-electron chi connectivity index (χ4n) is 3.62. The highest BCUT2D eigenvalue weighted by atomic mass is 32.2. The van der Waals surface area contributed by atoms with Crippen molar-refractivity contribution in [3.05, 3.63) is 79.7 Å². The summed E-state index contributed by atoms with van der Waals surface area (Å²) in [6.45, 7) is 12.3. The molecule has 33 heavy (non-hydrogen) atoms. The van der Waals surface area contributed by atoms with E-state index in [0.717, 1.165) is 13.1 Å². The number of anilines is 1. The van der Waals surface area contributed by atoms with Crippen LogP contribution in [0.1, 0.15) is 24.8 Å². The van der Waals surface area contributed by atoms with E-state index in [0.29, 0.717) is 13.1 Å². The largest absolute Gasteiger partial charge is 0.371 e. The molecule has 0 spiro atoms. The Bertz CT molecular complexity index is 906. The van der Waals surface area contributed by atoms with Crippen LogP contribution < -0.4 is 4.90 Å². The number of likely N-dealkylation sites (N-methyl/N-ethyl adjacent to an activating group) is 1. The second kappa shape index (κ2) is 14.6. The predicted octanol–water partition coefficient (Wildman–Crippen LogP) is 4.15. The van der Waals surface area contributed by atoms with E-state index < -0.39 is 10.0 Å². The third kappa shape index (κ3) is 9.90. The van der Waals surface area contributed by atoms with Crippen molar-refractivity contribution in [3.8, 4) is 0 Å². The Hall–Kier alpha value is -2.48. The number of benzene rings is 1. The van der Waals surface area contributed by atoms with E-state index in [9.17, 15) is 8.42 Å². The van der Waals surface area contributed by atoms with Gasteiger partial charge in [-0.15, -0.1) is 6.58 Å². The van der Waals surface area contributed by atoms with Crippen molar-refractivity contribution in [2.75, 3.05) is 57.0 Å². The first kappa shape index (κ1) is 26.8. The van der Waals surface area contributed by atoms with Crippen molar-refractivity contribution in [1.29, 1.82) is 0 Å². The molecule has 0 radical (unpaired) electrons. The lowest BCUT2D eigenvalue weighted by Gasteiger charge is -2.31. The number of hydrogen-bond acceptors (Lipinski definition) is 5. The molecule has 3 heterocycles. The summed E-state index contributed by atoms with van der Waals surface area (Å²) < 4.78 is 24.6. The summed E-state index contributed by atoms with van der Waals surface area (Å²) in [5.74, 6) is 0.0523. The standard InChI is InChI=1S/C10H14N2.C8H16N2O2S.C8H8/c1-2-8-12(9-3-1)10-4-6-11-7-5-10;1-3-8-13(11,12)10-6-4-9(2)5-7-10;1-2-8-6-4-3-5-7-8/h4-7H,1-3,8-9H2;3H,1,4-8H2,2H3;2-7H,1H2. The molecule has 1 aromatic heterocycles. The fourth-order valence-corrected chi connectivity index (χ4v) is 4.85. The zero-order chi connectivity index (χ0) is 23.9. The summed E-state index contributed by atoms with van der Waals surface area (Å²) >= 11 is 0. The average molecular weight is 471 g/mol. The molecule has 0 saturated carbocycles. The van der Waals surface area contributed by atoms with Crippen LogP contribution in [0.3, 0.4) is 0 Å². The number of pyridine rings is 1. The molecule has 2 saturated heterocycles. The van der Waals surface area contributed by atoms with Crippen LogP contribution >= 0.6 is 0 Å². The quantitative estimate of drug-likeness (QED) is 0.615. The van der Waals surface area contributed by atoms with Crippen LogP contribution in [0.4, 0.5) is 5.69 Å². The molecule has 2 aliphatic heterocycles. The third-order valence-corrected chi connectivity index (χ3v) is 7.41. The summed E-state index contributed by atoms with van der Waals surface area (Å²) in [5.41, 5.74) is 2.50. The molecule has 1 aromatic carbocycles. The lowest BCUT2D eigenvalue weighted by atomic mass is 10.1. The maximum atomic E-state index is 11.5. The van der Waals surface area contributed by atoms with E-state index in [-0.39, 0.29) is 5.75 Å². The Morgan fingerprint density at radius 3 is 2.00 bits per heavy atom. The minimum Gasteiger partial charge on any atom is -0.371 e. The SMILES string of the molecule is C=CCS(=O)(=O)N1CCN(C)CC1.C=Cc1ccccc1.c1cc(N2CCCCC2)ccn1. The molecule has 6 nitrogen and oxygen atoms in total. The van der Waals surface area contributed by atoms with Gasteiger partial charge in [0.1, 0.15) is 0 Å². The lowest BCUT2D eigenvalue weighted by molar-refractivity contribution is 0.223. The number of piperazine rings is 1. The summed E-state index contributed by atoms with van der Waals surface area (Å²) in [7, 11) is -1.07. The van der Waals surface area contributed by atoms with Gasteiger partial charge in [-0.25, -0.2) is 8.42 Å². The zero-order valence-corrected chi connectivity index (χ0v) is 20.7. The van der Waals surface area contributed by atoms with Crippen molar-refractivity contribution in [2.24, 2.45) is 0 Å². The van der Waals surface area contributed by atoms with Gasteiger partial charge >= 0.3 is 0 Å². The van der Waals surface area contributed by atoms with Gasteiger partial charge in [-0.2, -0.15) is 4.31 Å². The van der Waals surface area contributed by atoms with Gasteiger partial charge in [-0.1, -0.05) is 49.1 Å². The highest BCUT2D eigenvalue weighted by Gasteiger charge is 2.23. The number of nitrogens with zero attached hydrogens (tertiary/aromatic N) is 4. The maximum Gasteiger partial charge on any atom is 0.217 e. The first-order valence-electron chi connectivity index (χ1n) is 11.6. The van der Waals surface area contributed by atoms with Crippen molar-refractivity contribution in [1.82, 2.24) is 14.2 Å². The van der Waals surface area contributed by atoms with Crippen LogP contribution in [0.15, 0.2) is 74.1 Å². The Morgan fingerprint density at radius 2 is 1.48 bits per heavy atom. The van der Waals surface area contributed by atoms with Gasteiger partial charge in [-0.05, 0) is 44.0 Å². The lowest BCUT2D eigenvalue weighted by Crippen LogP contribution is -2.47. The minimum atomic E-state index is -3.07. The Kier molecular flexibility index (Phi) is 11.9. The number of rotatable bonds is 5. The summed E-state index contributed by atoms with van der Waals surface area (Å²) in [6.07, 6.45) is 11.1. The summed E-state index contributed by atoms with van der Waals surface area (Å²) in [6, 6.07) is 14.2. The molecule has 0 atom stereocenters. The topological polar surface area (TPSA) is 56.8 Å². The molecular weight excluding hydrogens is 432 g/mol. The van der Waals surface area contributed by atoms with Crippen LogP contribution in [0.25, 0.3) is 6.08 Å². The Labute approximate surface area is 200 Å². The van der Waals surface area contributed by atoms with Crippen LogP contribution in [-0.4, -0.2) is 74.7 Å². The van der Waals surface area contributed by atoms with E-state index in [4.69, 9.17) is 0 Å². The number of sulfonamides is 1. The fraction of sp³-hybridized carbons (Fsp3) is 0.423. The predicted molar refractivity (Wildman–Crippen MR) is 140 cm³/mol. The van der Waals surface area contributed by atoms with E-state index in [1.165, 1.54) is 54.0 Å². The smallest absolute Gasteiger partial charge is 0.217 e. The molecule has 0 aliphatic carbocycles. The average Bonchev–Trinajstić information content (AvgIpc) is 2.87. The normalized spacial score (nSPS) is 17.1. The van der Waals surface area contributed by atoms with Gasteiger partial charge in [0.05, 0.1) is 5.75 Å². The van der Waals surface area contributed by atoms with E-state index >= 15 is 0 Å². The van der Waals surface area contributed by atoms with Gasteiger partial charge < -0.3 is 9.80 Å². The van der Waals surface area contributed by atoms with Crippen molar-refractivity contribution in [2.45, 2.75) is 19.3 Å². The zero-order valence-electron chi connectivity index (χ0n) is 19.8. The minimum absolute atomic E-state index is 0.0523. The summed E-state index contributed by atoms with van der Waals surface area (Å²) in [5, 5.41) is 0. The molecule has 2 aliphatic rings. The molecule has 0 bridgehead atoms. The van der Waals surface area contributed by atoms with Crippen molar-refractivity contribution >= 4 is 21.8 Å². The molecule has 0 unspecified atom stereocenters. The molecule has 4 rings (SSSR count). The van der Waals surface area contributed by atoms with Crippen LogP contribution in [0.5, 0.6) is 0 Å². The monoisotopic (exact) mass is 470 g/mol. The Balaban J connectivity index is 0.000000180. The van der Waals surface area contributed by atoms with Crippen LogP contribution in [0, 0.1) is 0 Å². The van der Waals surface area contributed by atoms with Gasteiger partial charge in [0.2, 0.25) is 10.0 Å². The van der Waals surface area contributed by atoms with Crippen LogP contribution in [-0.2, 0) is 10.0 Å². The first-order chi connectivity index (χ1) is 16.0. The Morgan fingerprint density at radius 1 is 0.879 bits per heavy atom. The summed E-state index contributed by atoms with van der Waals surface area (Å²) in [4.78, 5) is 8.57. The van der Waals surface area contributed by atoms with Crippen molar-refractivity contribution in [3.63, 3.8) is 0 Å². The van der Waals surface area contributed by atoms with E-state index in [2.05, 4.69) is 40.1 Å². The van der Waals surface area contributed by atoms with Crippen molar-refractivity contribution < 1.29 is 8.42 Å². The molecule has 0 N–H and O–H groups in total. The molecule has 7 heteroatoms. The number of aromatic nitrogens is 1. The molecule has 180 valence electrons. The highest BCUT2D eigenvalue weighted by Crippen LogP contribution is 2.17. The maximum absolute atomic E-state index is 11.5. The second-order valence-electron chi connectivity index (χ2n) is 8.14. The third-order valence-electron chi connectivity index (χ3n) is 5.60. The molecule has 2 fully saturated rings. The van der Waals surface area contributed by atoms with E-state index in [1.54, 1.807) is 0 Å². The molecule has 2 aromatic rings. The molecule has 0 amide bonds. The van der Waals surface area contributed by atoms with E-state index in [1.807, 2.05) is 55.8 Å².